The zero-order chi connectivity index (χ0) is 17.8. The third kappa shape index (κ3) is 3.81. The van der Waals surface area contributed by atoms with Crippen LogP contribution >= 0.6 is 23.2 Å². The summed E-state index contributed by atoms with van der Waals surface area (Å²) < 4.78 is 21.7. The van der Waals surface area contributed by atoms with E-state index in [2.05, 4.69) is 10.2 Å². The van der Waals surface area contributed by atoms with E-state index in [1.807, 2.05) is 0 Å². The van der Waals surface area contributed by atoms with Gasteiger partial charge in [0, 0.05) is 5.56 Å². The third-order valence-corrected chi connectivity index (χ3v) is 3.95. The summed E-state index contributed by atoms with van der Waals surface area (Å²) in [6.07, 6.45) is 0. The molecule has 3 aromatic rings. The normalized spacial score (nSPS) is 10.6. The van der Waals surface area contributed by atoms with Crippen LogP contribution in [0.2, 0.25) is 10.0 Å². The van der Waals surface area contributed by atoms with Crippen molar-refractivity contribution in [1.29, 1.82) is 0 Å². The van der Waals surface area contributed by atoms with Gasteiger partial charge in [0.25, 0.3) is 5.89 Å². The molecule has 0 spiro atoms. The van der Waals surface area contributed by atoms with E-state index in [-0.39, 0.29) is 6.61 Å². The molecule has 0 amide bonds. The van der Waals surface area contributed by atoms with Crippen LogP contribution in [-0.2, 0) is 6.61 Å². The van der Waals surface area contributed by atoms with Gasteiger partial charge in [-0.15, -0.1) is 10.2 Å². The lowest BCUT2D eigenvalue weighted by molar-refractivity contribution is 0.265. The van der Waals surface area contributed by atoms with Crippen molar-refractivity contribution in [2.24, 2.45) is 0 Å². The lowest BCUT2D eigenvalue weighted by Crippen LogP contribution is -1.96. The molecule has 8 heteroatoms. The molecule has 3 rings (SSSR count). The van der Waals surface area contributed by atoms with Crippen LogP contribution in [0, 0.1) is 0 Å². The number of hydrogen-bond acceptors (Lipinski definition) is 6. The van der Waals surface area contributed by atoms with E-state index in [1.54, 1.807) is 50.6 Å². The zero-order valence-corrected chi connectivity index (χ0v) is 15.0. The molecule has 2 aromatic carbocycles. The van der Waals surface area contributed by atoms with Gasteiger partial charge in [-0.2, -0.15) is 0 Å². The van der Waals surface area contributed by atoms with Gasteiger partial charge in [0.1, 0.15) is 0 Å². The van der Waals surface area contributed by atoms with Gasteiger partial charge in [0.15, 0.2) is 23.9 Å². The molecule has 0 N–H and O–H groups in total. The quantitative estimate of drug-likeness (QED) is 0.620. The first-order chi connectivity index (χ1) is 12.1. The average molecular weight is 381 g/mol. The van der Waals surface area contributed by atoms with Gasteiger partial charge in [0.05, 0.1) is 24.3 Å². The molecular weight excluding hydrogens is 367 g/mol. The van der Waals surface area contributed by atoms with Crippen molar-refractivity contribution in [3.63, 3.8) is 0 Å². The Bertz CT molecular complexity index is 863. The first-order valence-corrected chi connectivity index (χ1v) is 7.99. The van der Waals surface area contributed by atoms with E-state index in [0.717, 1.165) is 0 Å². The zero-order valence-electron chi connectivity index (χ0n) is 13.5. The number of benzene rings is 2. The number of hydrogen-bond donors (Lipinski definition) is 0. The largest absolute Gasteiger partial charge is 0.493 e. The molecule has 1 heterocycles. The van der Waals surface area contributed by atoms with Gasteiger partial charge in [-0.05, 0) is 30.3 Å². The molecule has 0 radical (unpaired) electrons. The number of halogens is 2. The van der Waals surface area contributed by atoms with Gasteiger partial charge in [-0.25, -0.2) is 0 Å². The van der Waals surface area contributed by atoms with E-state index in [4.69, 9.17) is 41.8 Å². The van der Waals surface area contributed by atoms with Gasteiger partial charge in [-0.1, -0.05) is 29.3 Å². The number of para-hydroxylation sites is 1. The molecule has 1 aromatic heterocycles. The smallest absolute Gasteiger partial charge is 0.254 e. The Morgan fingerprint density at radius 1 is 0.960 bits per heavy atom. The lowest BCUT2D eigenvalue weighted by atomic mass is 10.2. The van der Waals surface area contributed by atoms with Gasteiger partial charge < -0.3 is 18.6 Å². The maximum atomic E-state index is 6.06. The fourth-order valence-corrected chi connectivity index (χ4v) is 2.66. The van der Waals surface area contributed by atoms with Crippen LogP contribution in [0.3, 0.4) is 0 Å². The number of aromatic nitrogens is 2. The molecule has 25 heavy (non-hydrogen) atoms. The van der Waals surface area contributed by atoms with E-state index < -0.39 is 0 Å². The second-order valence-electron chi connectivity index (χ2n) is 4.91. The fourth-order valence-electron chi connectivity index (χ4n) is 2.15. The molecule has 0 aliphatic heterocycles. The molecule has 0 unspecified atom stereocenters. The van der Waals surface area contributed by atoms with Crippen molar-refractivity contribution in [3.05, 3.63) is 52.3 Å². The Morgan fingerprint density at radius 3 is 2.36 bits per heavy atom. The molecule has 0 atom stereocenters. The van der Waals surface area contributed by atoms with Crippen LogP contribution in [0.4, 0.5) is 0 Å². The molecule has 0 aliphatic carbocycles. The van der Waals surface area contributed by atoms with Gasteiger partial charge >= 0.3 is 0 Å². The second-order valence-corrected chi connectivity index (χ2v) is 5.72. The van der Waals surface area contributed by atoms with Crippen LogP contribution in [0.15, 0.2) is 40.8 Å². The number of methoxy groups -OCH3 is 2. The highest BCUT2D eigenvalue weighted by molar-refractivity contribution is 6.37. The minimum absolute atomic E-state index is 0.0454. The van der Waals surface area contributed by atoms with Crippen LogP contribution in [0.25, 0.3) is 11.5 Å². The predicted octanol–water partition coefficient (Wildman–Crippen LogP) is 4.64. The minimum atomic E-state index is 0.0454. The maximum absolute atomic E-state index is 6.06. The summed E-state index contributed by atoms with van der Waals surface area (Å²) in [5.41, 5.74) is 0.701. The summed E-state index contributed by atoms with van der Waals surface area (Å²) >= 11 is 12.1. The predicted molar refractivity (Wildman–Crippen MR) is 93.6 cm³/mol. The maximum Gasteiger partial charge on any atom is 0.254 e. The first-order valence-electron chi connectivity index (χ1n) is 7.24. The van der Waals surface area contributed by atoms with Crippen LogP contribution in [0.5, 0.6) is 17.2 Å². The van der Waals surface area contributed by atoms with Crippen molar-refractivity contribution >= 4 is 23.2 Å². The van der Waals surface area contributed by atoms with E-state index in [1.165, 1.54) is 0 Å². The summed E-state index contributed by atoms with van der Waals surface area (Å²) in [7, 11) is 3.13. The summed E-state index contributed by atoms with van der Waals surface area (Å²) in [6, 6.07) is 10.4. The Hall–Kier alpha value is -2.44. The van der Waals surface area contributed by atoms with Crippen molar-refractivity contribution in [3.8, 4) is 28.7 Å². The molecule has 0 saturated carbocycles. The average Bonchev–Trinajstić information content (AvgIpc) is 3.09. The second kappa shape index (κ2) is 7.63. The van der Waals surface area contributed by atoms with Crippen LogP contribution in [0.1, 0.15) is 5.89 Å². The third-order valence-electron chi connectivity index (χ3n) is 3.36. The summed E-state index contributed by atoms with van der Waals surface area (Å²) in [6.45, 7) is 0.0454. The number of ether oxygens (including phenoxy) is 3. The van der Waals surface area contributed by atoms with Crippen molar-refractivity contribution < 1.29 is 18.6 Å². The summed E-state index contributed by atoms with van der Waals surface area (Å²) in [5.74, 6) is 2.18. The Kier molecular flexibility index (Phi) is 5.31. The number of rotatable bonds is 6. The highest BCUT2D eigenvalue weighted by atomic mass is 35.5. The minimum Gasteiger partial charge on any atom is -0.493 e. The Morgan fingerprint density at radius 2 is 1.68 bits per heavy atom. The SMILES string of the molecule is COc1ccc(-c2nnc(COc3c(Cl)cccc3Cl)o2)cc1OC. The van der Waals surface area contributed by atoms with Crippen LogP contribution < -0.4 is 14.2 Å². The molecule has 0 fully saturated rings. The van der Waals surface area contributed by atoms with Crippen molar-refractivity contribution in [1.82, 2.24) is 10.2 Å². The molecule has 6 nitrogen and oxygen atoms in total. The van der Waals surface area contributed by atoms with Gasteiger partial charge in [0.2, 0.25) is 5.89 Å². The Balaban J connectivity index is 1.77. The summed E-state index contributed by atoms with van der Waals surface area (Å²) in [4.78, 5) is 0. The molecule has 0 saturated heterocycles. The van der Waals surface area contributed by atoms with E-state index >= 15 is 0 Å². The molecule has 0 bridgehead atoms. The fraction of sp³-hybridized carbons (Fsp3) is 0.176. The molecule has 130 valence electrons. The van der Waals surface area contributed by atoms with E-state index in [9.17, 15) is 0 Å². The summed E-state index contributed by atoms with van der Waals surface area (Å²) in [5, 5.41) is 8.80. The standard InChI is InChI=1S/C17H14Cl2N2O4/c1-22-13-7-6-10(8-14(13)23-2)17-21-20-15(25-17)9-24-16-11(18)4-3-5-12(16)19/h3-8H,9H2,1-2H3. The first kappa shape index (κ1) is 17.4. The van der Waals surface area contributed by atoms with Gasteiger partial charge in [-0.3, -0.25) is 0 Å². The monoisotopic (exact) mass is 380 g/mol. The number of nitrogens with zero attached hydrogens (tertiary/aromatic N) is 2. The van der Waals surface area contributed by atoms with Crippen LogP contribution in [-0.4, -0.2) is 24.4 Å². The lowest BCUT2D eigenvalue weighted by Gasteiger charge is -2.08. The Labute approximate surface area is 154 Å². The highest BCUT2D eigenvalue weighted by Crippen LogP contribution is 2.34. The topological polar surface area (TPSA) is 66.6 Å². The van der Waals surface area contributed by atoms with Crippen molar-refractivity contribution in [2.75, 3.05) is 14.2 Å². The van der Waals surface area contributed by atoms with E-state index in [0.29, 0.717) is 44.6 Å². The highest BCUT2D eigenvalue weighted by Gasteiger charge is 2.14. The van der Waals surface area contributed by atoms with Crippen molar-refractivity contribution in [2.45, 2.75) is 6.61 Å². The molecule has 0 aliphatic rings. The molecular formula is C17H14Cl2N2O4.